The van der Waals surface area contributed by atoms with Gasteiger partial charge in [-0.2, -0.15) is 11.8 Å². The fraction of sp³-hybridized carbons (Fsp3) is 0.600. The smallest absolute Gasteiger partial charge is 0.309 e. The summed E-state index contributed by atoms with van der Waals surface area (Å²) in [6, 6.07) is 10.2. The number of piperidine rings is 1. The minimum atomic E-state index is -0.554. The van der Waals surface area contributed by atoms with Gasteiger partial charge in [0, 0.05) is 18.3 Å². The van der Waals surface area contributed by atoms with Crippen LogP contribution >= 0.6 is 11.8 Å². The Hall–Kier alpha value is -1.53. The van der Waals surface area contributed by atoms with Gasteiger partial charge in [-0.05, 0) is 56.5 Å². The summed E-state index contributed by atoms with van der Waals surface area (Å²) in [5.74, 6) is 1.95. The van der Waals surface area contributed by atoms with Crippen LogP contribution in [0, 0.1) is 5.92 Å². The molecule has 2 aliphatic heterocycles. The lowest BCUT2D eigenvalue weighted by Crippen LogP contribution is -2.46. The van der Waals surface area contributed by atoms with Crippen LogP contribution in [-0.4, -0.2) is 53.9 Å². The molecule has 2 saturated heterocycles. The molecule has 0 spiro atoms. The number of rotatable bonds is 5. The molecule has 1 aromatic carbocycles. The van der Waals surface area contributed by atoms with Crippen LogP contribution in [0.25, 0.3) is 0 Å². The summed E-state index contributed by atoms with van der Waals surface area (Å²) >= 11 is 2.05. The zero-order valence-electron chi connectivity index (χ0n) is 15.4. The third-order valence-corrected chi connectivity index (χ3v) is 6.62. The number of hydrogen-bond donors (Lipinski definition) is 2. The van der Waals surface area contributed by atoms with E-state index in [4.69, 9.17) is 0 Å². The Kier molecular flexibility index (Phi) is 6.97. The average molecular weight is 376 g/mol. The van der Waals surface area contributed by atoms with Crippen LogP contribution < -0.4 is 10.6 Å². The van der Waals surface area contributed by atoms with Crippen LogP contribution in [0.1, 0.15) is 37.8 Å². The van der Waals surface area contributed by atoms with Crippen LogP contribution in [0.3, 0.4) is 0 Å². The predicted molar refractivity (Wildman–Crippen MR) is 106 cm³/mol. The van der Waals surface area contributed by atoms with Gasteiger partial charge in [0.2, 0.25) is 0 Å². The molecule has 0 aliphatic carbocycles. The number of likely N-dealkylation sites (tertiary alicyclic amines) is 1. The lowest BCUT2D eigenvalue weighted by Gasteiger charge is -2.35. The highest BCUT2D eigenvalue weighted by molar-refractivity contribution is 7.99. The fourth-order valence-electron chi connectivity index (χ4n) is 3.74. The van der Waals surface area contributed by atoms with Crippen molar-refractivity contribution in [2.24, 2.45) is 5.92 Å². The largest absolute Gasteiger partial charge is 0.348 e. The molecule has 0 saturated carbocycles. The molecule has 3 rings (SSSR count). The van der Waals surface area contributed by atoms with Crippen LogP contribution in [0.2, 0.25) is 0 Å². The van der Waals surface area contributed by atoms with E-state index in [9.17, 15) is 9.59 Å². The van der Waals surface area contributed by atoms with Crippen LogP contribution in [0.5, 0.6) is 0 Å². The van der Waals surface area contributed by atoms with E-state index in [2.05, 4.69) is 27.3 Å². The molecule has 26 heavy (non-hydrogen) atoms. The van der Waals surface area contributed by atoms with Crippen LogP contribution in [0.4, 0.5) is 0 Å². The van der Waals surface area contributed by atoms with E-state index >= 15 is 0 Å². The number of carbonyl (C=O) groups is 2. The zero-order chi connectivity index (χ0) is 18.4. The summed E-state index contributed by atoms with van der Waals surface area (Å²) in [7, 11) is 0. The molecule has 5 nitrogen and oxygen atoms in total. The Morgan fingerprint density at radius 1 is 1.15 bits per heavy atom. The van der Waals surface area contributed by atoms with Gasteiger partial charge in [0.1, 0.15) is 0 Å². The highest BCUT2D eigenvalue weighted by atomic mass is 32.2. The van der Waals surface area contributed by atoms with Gasteiger partial charge in [-0.1, -0.05) is 30.3 Å². The number of thioether (sulfide) groups is 1. The molecule has 2 amide bonds. The van der Waals surface area contributed by atoms with Crippen molar-refractivity contribution in [2.75, 3.05) is 31.1 Å². The first kappa shape index (κ1) is 19.2. The number of nitrogens with zero attached hydrogens (tertiary/aromatic N) is 1. The number of nitrogens with one attached hydrogen (secondary N) is 2. The Labute approximate surface area is 160 Å². The average Bonchev–Trinajstić information content (AvgIpc) is 3.22. The van der Waals surface area contributed by atoms with E-state index < -0.39 is 11.8 Å². The topological polar surface area (TPSA) is 61.4 Å². The maximum Gasteiger partial charge on any atom is 0.309 e. The van der Waals surface area contributed by atoms with Crippen molar-refractivity contribution in [2.45, 2.75) is 38.3 Å². The van der Waals surface area contributed by atoms with Gasteiger partial charge in [0.15, 0.2) is 0 Å². The minimum Gasteiger partial charge on any atom is -0.348 e. The van der Waals surface area contributed by atoms with Gasteiger partial charge >= 0.3 is 11.8 Å². The summed E-state index contributed by atoms with van der Waals surface area (Å²) in [4.78, 5) is 26.8. The van der Waals surface area contributed by atoms with Gasteiger partial charge in [0.05, 0.1) is 6.04 Å². The normalized spacial score (nSPS) is 22.7. The molecule has 2 heterocycles. The Balaban J connectivity index is 1.36. The quantitative estimate of drug-likeness (QED) is 0.775. The number of hydrogen-bond acceptors (Lipinski definition) is 4. The first-order valence-electron chi connectivity index (χ1n) is 9.59. The van der Waals surface area contributed by atoms with E-state index in [1.165, 1.54) is 17.9 Å². The third kappa shape index (κ3) is 5.24. The van der Waals surface area contributed by atoms with Crippen molar-refractivity contribution in [3.8, 4) is 0 Å². The third-order valence-electron chi connectivity index (χ3n) is 5.48. The first-order chi connectivity index (χ1) is 12.6. The summed E-state index contributed by atoms with van der Waals surface area (Å²) in [6.45, 7) is 4.71. The summed E-state index contributed by atoms with van der Waals surface area (Å²) in [5, 5.41) is 5.59. The maximum atomic E-state index is 12.1. The van der Waals surface area contributed by atoms with Crippen molar-refractivity contribution in [1.29, 1.82) is 0 Å². The molecule has 142 valence electrons. The van der Waals surface area contributed by atoms with E-state index in [0.29, 0.717) is 12.5 Å². The molecule has 0 aromatic heterocycles. The second kappa shape index (κ2) is 9.42. The van der Waals surface area contributed by atoms with Crippen molar-refractivity contribution < 1.29 is 9.59 Å². The summed E-state index contributed by atoms with van der Waals surface area (Å²) < 4.78 is 0. The predicted octanol–water partition coefficient (Wildman–Crippen LogP) is 2.20. The summed E-state index contributed by atoms with van der Waals surface area (Å²) in [5.41, 5.74) is 0.992. The maximum absolute atomic E-state index is 12.1. The summed E-state index contributed by atoms with van der Waals surface area (Å²) in [6.07, 6.45) is 3.51. The van der Waals surface area contributed by atoms with Crippen molar-refractivity contribution >= 4 is 23.6 Å². The molecule has 6 heteroatoms. The molecular formula is C20H29N3O2S. The second-order valence-electron chi connectivity index (χ2n) is 7.31. The van der Waals surface area contributed by atoms with E-state index in [1.54, 1.807) is 0 Å². The monoisotopic (exact) mass is 375 g/mol. The van der Waals surface area contributed by atoms with Gasteiger partial charge in [-0.15, -0.1) is 0 Å². The molecule has 2 fully saturated rings. The van der Waals surface area contributed by atoms with E-state index in [1.807, 2.05) is 37.3 Å². The zero-order valence-corrected chi connectivity index (χ0v) is 16.3. The Morgan fingerprint density at radius 3 is 2.54 bits per heavy atom. The molecule has 2 aliphatic rings. The van der Waals surface area contributed by atoms with E-state index in [0.717, 1.165) is 37.5 Å². The van der Waals surface area contributed by atoms with Crippen LogP contribution in [0.15, 0.2) is 30.3 Å². The first-order valence-corrected chi connectivity index (χ1v) is 10.7. The molecular weight excluding hydrogens is 346 g/mol. The standard InChI is InChI=1S/C20H29N3O2S/c1-15(17-5-3-2-4-6-17)22-20(25)19(24)21-13-16-7-10-23(11-8-16)18-9-12-26-14-18/h2-6,15-16,18H,7-14H2,1H3,(H,21,24)(H,22,25)/t15-,18+/m1/s1. The molecule has 1 aromatic rings. The van der Waals surface area contributed by atoms with Gasteiger partial charge in [-0.3, -0.25) is 14.5 Å². The number of amides is 2. The van der Waals surface area contributed by atoms with Crippen molar-refractivity contribution in [1.82, 2.24) is 15.5 Å². The van der Waals surface area contributed by atoms with E-state index in [-0.39, 0.29) is 6.04 Å². The number of carbonyl (C=O) groups excluding carboxylic acids is 2. The lowest BCUT2D eigenvalue weighted by molar-refractivity contribution is -0.139. The Morgan fingerprint density at radius 2 is 1.88 bits per heavy atom. The van der Waals surface area contributed by atoms with Crippen molar-refractivity contribution in [3.63, 3.8) is 0 Å². The van der Waals surface area contributed by atoms with Crippen LogP contribution in [-0.2, 0) is 9.59 Å². The van der Waals surface area contributed by atoms with Gasteiger partial charge in [-0.25, -0.2) is 0 Å². The highest BCUT2D eigenvalue weighted by Gasteiger charge is 2.28. The SMILES string of the molecule is C[C@@H](NC(=O)C(=O)NCC1CCN([C@H]2CCSC2)CC1)c1ccccc1. The molecule has 0 radical (unpaired) electrons. The minimum absolute atomic E-state index is 0.179. The molecule has 2 N–H and O–H groups in total. The second-order valence-corrected chi connectivity index (χ2v) is 8.46. The molecule has 0 bridgehead atoms. The number of benzene rings is 1. The fourth-order valence-corrected chi connectivity index (χ4v) is 4.99. The van der Waals surface area contributed by atoms with Gasteiger partial charge < -0.3 is 10.6 Å². The molecule has 0 unspecified atom stereocenters. The lowest BCUT2D eigenvalue weighted by atomic mass is 9.95. The van der Waals surface area contributed by atoms with Crippen molar-refractivity contribution in [3.05, 3.63) is 35.9 Å². The Bertz CT molecular complexity index is 596. The highest BCUT2D eigenvalue weighted by Crippen LogP contribution is 2.26. The molecule has 2 atom stereocenters. The van der Waals surface area contributed by atoms with Gasteiger partial charge in [0.25, 0.3) is 0 Å².